The van der Waals surface area contributed by atoms with Crippen LogP contribution in [0, 0.1) is 11.8 Å². The molecule has 5 N–H and O–H groups in total. The van der Waals surface area contributed by atoms with Crippen LogP contribution in [0.4, 0.5) is 0 Å². The van der Waals surface area contributed by atoms with Crippen molar-refractivity contribution < 1.29 is 13.2 Å². The molecule has 0 aliphatic carbocycles. The Bertz CT molecular complexity index is 795. The Kier molecular flexibility index (Phi) is 7.82. The highest BCUT2D eigenvalue weighted by atomic mass is 32.2. The molecule has 5 rings (SSSR count). The number of nitrogens with zero attached hydrogens (tertiary/aromatic N) is 3. The maximum Gasteiger partial charge on any atom is 0.217 e. The molecule has 5 aliphatic heterocycles. The fraction of sp³-hybridized carbons (Fsp3) is 1.00. The van der Waals surface area contributed by atoms with E-state index in [0.717, 1.165) is 32.0 Å². The van der Waals surface area contributed by atoms with Gasteiger partial charge < -0.3 is 15.0 Å². The van der Waals surface area contributed by atoms with E-state index in [0.29, 0.717) is 25.0 Å². The molecule has 0 aromatic heterocycles. The quantitative estimate of drug-likeness (QED) is 0.289. The molecule has 0 amide bonds. The van der Waals surface area contributed by atoms with Crippen LogP contribution in [0.2, 0.25) is 0 Å². The minimum atomic E-state index is -3.54. The molecule has 0 spiro atoms. The molecule has 34 heavy (non-hydrogen) atoms. The number of hydrogen-bond acceptors (Lipinski definition) is 10. The molecule has 7 unspecified atom stereocenters. The summed E-state index contributed by atoms with van der Waals surface area (Å²) in [6, 6.07) is 0.286. The van der Waals surface area contributed by atoms with Crippen molar-refractivity contribution in [3.05, 3.63) is 0 Å². The molecule has 12 heteroatoms. The van der Waals surface area contributed by atoms with Crippen LogP contribution in [-0.2, 0) is 14.8 Å². The first-order valence-corrected chi connectivity index (χ1v) is 14.6. The molecule has 196 valence electrons. The third-order valence-electron chi connectivity index (χ3n) is 8.79. The average Bonchev–Trinajstić information content (AvgIpc) is 3.48. The van der Waals surface area contributed by atoms with Crippen molar-refractivity contribution in [2.24, 2.45) is 11.8 Å². The highest BCUT2D eigenvalue weighted by Gasteiger charge is 2.48. The lowest BCUT2D eigenvalue weighted by Crippen LogP contribution is -2.67. The van der Waals surface area contributed by atoms with Crippen LogP contribution in [-0.4, -0.2) is 119 Å². The second-order valence-corrected chi connectivity index (χ2v) is 13.0. The molecule has 5 saturated heterocycles. The first-order valence-electron chi connectivity index (χ1n) is 13.1. The zero-order valence-corrected chi connectivity index (χ0v) is 21.7. The van der Waals surface area contributed by atoms with Crippen molar-refractivity contribution in [2.75, 3.05) is 60.0 Å². The average molecular weight is 501 g/mol. The molecular formula is C22H44N8O3S. The first-order chi connectivity index (χ1) is 16.4. The van der Waals surface area contributed by atoms with E-state index in [9.17, 15) is 8.42 Å². The maximum absolute atomic E-state index is 13.5. The van der Waals surface area contributed by atoms with Crippen LogP contribution in [0.5, 0.6) is 0 Å². The molecule has 0 bridgehead atoms. The monoisotopic (exact) mass is 500 g/mol. The van der Waals surface area contributed by atoms with Crippen LogP contribution in [0.25, 0.3) is 0 Å². The van der Waals surface area contributed by atoms with Crippen molar-refractivity contribution in [1.29, 1.82) is 0 Å². The minimum Gasteiger partial charge on any atom is -0.365 e. The number of fused-ring (bicyclic) bond motifs is 1. The molecule has 0 radical (unpaired) electrons. The normalized spacial score (nSPS) is 41.7. The van der Waals surface area contributed by atoms with Crippen LogP contribution < -0.4 is 26.2 Å². The van der Waals surface area contributed by atoms with E-state index in [1.54, 1.807) is 7.11 Å². The lowest BCUT2D eigenvalue weighted by Gasteiger charge is -2.43. The predicted molar refractivity (Wildman–Crippen MR) is 131 cm³/mol. The van der Waals surface area contributed by atoms with E-state index in [2.05, 4.69) is 43.0 Å². The van der Waals surface area contributed by atoms with Crippen molar-refractivity contribution in [1.82, 2.24) is 41.1 Å². The van der Waals surface area contributed by atoms with Gasteiger partial charge in [-0.15, -0.1) is 0 Å². The molecule has 11 nitrogen and oxygen atoms in total. The summed E-state index contributed by atoms with van der Waals surface area (Å²) in [4.78, 5) is 2.66. The molecule has 0 aromatic carbocycles. The number of sulfonamides is 1. The van der Waals surface area contributed by atoms with Gasteiger partial charge in [0.1, 0.15) is 11.5 Å². The Balaban J connectivity index is 1.20. The number of hydrogen-bond donors (Lipinski definition) is 5. The highest BCUT2D eigenvalue weighted by molar-refractivity contribution is 7.90. The number of likely N-dealkylation sites (N-methyl/N-ethyl adjacent to an activating group) is 1. The third kappa shape index (κ3) is 5.17. The zero-order valence-electron chi connectivity index (χ0n) is 20.9. The second kappa shape index (κ2) is 10.5. The summed E-state index contributed by atoms with van der Waals surface area (Å²) in [6.07, 6.45) is 4.58. The summed E-state index contributed by atoms with van der Waals surface area (Å²) in [6.45, 7) is 8.26. The number of hydrazine groups is 2. The SMILES string of the molecule is COC1NCC2CNN(C)C2C1NS(=O)(=O)C1CNN(C2CC(N3CCC(C)CC3)CCN2)C1. The van der Waals surface area contributed by atoms with Gasteiger partial charge in [0.05, 0.1) is 12.2 Å². The lowest BCUT2D eigenvalue weighted by atomic mass is 9.90. The van der Waals surface area contributed by atoms with Gasteiger partial charge in [0.15, 0.2) is 0 Å². The van der Waals surface area contributed by atoms with Crippen LogP contribution in [0.3, 0.4) is 0 Å². The van der Waals surface area contributed by atoms with Crippen LogP contribution in [0.1, 0.15) is 32.6 Å². The molecule has 5 aliphatic rings. The summed E-state index contributed by atoms with van der Waals surface area (Å²) in [5.41, 5.74) is 6.74. The lowest BCUT2D eigenvalue weighted by molar-refractivity contribution is -0.0106. The molecular weight excluding hydrogens is 456 g/mol. The summed E-state index contributed by atoms with van der Waals surface area (Å²) in [5, 5.41) is 10.7. The topological polar surface area (TPSA) is 113 Å². The maximum atomic E-state index is 13.5. The highest BCUT2D eigenvalue weighted by Crippen LogP contribution is 2.27. The predicted octanol–water partition coefficient (Wildman–Crippen LogP) is -1.72. The van der Waals surface area contributed by atoms with Crippen molar-refractivity contribution in [3.8, 4) is 0 Å². The Morgan fingerprint density at radius 1 is 1.03 bits per heavy atom. The number of ether oxygens (including phenoxy) is 1. The first kappa shape index (κ1) is 25.2. The number of nitrogens with one attached hydrogen (secondary N) is 5. The standard InChI is InChI=1S/C22H44N8O3S/c1-15-5-8-29(9-6-15)17-4-7-23-19(10-17)30-14-18(13-26-30)34(31,32)27-20-21-16(12-25-28(21)2)11-24-22(20)33-3/h15-27H,4-14H2,1-3H3. The van der Waals surface area contributed by atoms with E-state index in [1.165, 1.54) is 32.4 Å². The number of piperidine rings is 3. The molecule has 0 aromatic rings. The summed E-state index contributed by atoms with van der Waals surface area (Å²) >= 11 is 0. The Morgan fingerprint density at radius 2 is 1.82 bits per heavy atom. The fourth-order valence-electron chi connectivity index (χ4n) is 6.60. The van der Waals surface area contributed by atoms with Crippen molar-refractivity contribution >= 4 is 10.0 Å². The van der Waals surface area contributed by atoms with Gasteiger partial charge in [-0.2, -0.15) is 0 Å². The van der Waals surface area contributed by atoms with Crippen molar-refractivity contribution in [3.63, 3.8) is 0 Å². The van der Waals surface area contributed by atoms with Gasteiger partial charge in [0.2, 0.25) is 10.0 Å². The third-order valence-corrected chi connectivity index (χ3v) is 10.6. The van der Waals surface area contributed by atoms with E-state index in [4.69, 9.17) is 4.74 Å². The summed E-state index contributed by atoms with van der Waals surface area (Å²) < 4.78 is 35.7. The van der Waals surface area contributed by atoms with E-state index in [1.807, 2.05) is 12.1 Å². The van der Waals surface area contributed by atoms with Gasteiger partial charge in [-0.05, 0) is 51.2 Å². The Hall–Kier alpha value is -0.410. The molecule has 7 atom stereocenters. The zero-order chi connectivity index (χ0) is 23.9. The summed E-state index contributed by atoms with van der Waals surface area (Å²) in [7, 11) is 0.0735. The number of methoxy groups -OCH3 is 1. The minimum absolute atomic E-state index is 0.0551. The van der Waals surface area contributed by atoms with Crippen LogP contribution in [0.15, 0.2) is 0 Å². The molecule has 5 heterocycles. The summed E-state index contributed by atoms with van der Waals surface area (Å²) in [5.74, 6) is 1.17. The van der Waals surface area contributed by atoms with Gasteiger partial charge >= 0.3 is 0 Å². The molecule has 0 saturated carbocycles. The van der Waals surface area contributed by atoms with Gasteiger partial charge in [0.25, 0.3) is 0 Å². The van der Waals surface area contributed by atoms with Gasteiger partial charge in [-0.1, -0.05) is 6.92 Å². The van der Waals surface area contributed by atoms with E-state index in [-0.39, 0.29) is 24.5 Å². The number of rotatable bonds is 6. The molecule has 5 fully saturated rings. The van der Waals surface area contributed by atoms with Crippen LogP contribution >= 0.6 is 0 Å². The Morgan fingerprint density at radius 3 is 2.59 bits per heavy atom. The Labute approximate surface area is 204 Å². The van der Waals surface area contributed by atoms with Crippen molar-refractivity contribution in [2.45, 2.75) is 68.4 Å². The van der Waals surface area contributed by atoms with Gasteiger partial charge in [-0.3, -0.25) is 16.2 Å². The van der Waals surface area contributed by atoms with Gasteiger partial charge in [-0.25, -0.2) is 23.2 Å². The largest absolute Gasteiger partial charge is 0.365 e. The smallest absolute Gasteiger partial charge is 0.217 e. The second-order valence-electron chi connectivity index (χ2n) is 11.0. The number of likely N-dealkylation sites (tertiary alicyclic amines) is 1. The van der Waals surface area contributed by atoms with E-state index >= 15 is 0 Å². The fourth-order valence-corrected chi connectivity index (χ4v) is 8.09. The van der Waals surface area contributed by atoms with E-state index < -0.39 is 15.3 Å². The van der Waals surface area contributed by atoms with Gasteiger partial charge in [0, 0.05) is 58.3 Å².